The lowest BCUT2D eigenvalue weighted by Crippen LogP contribution is -2.39. The second kappa shape index (κ2) is 6.11. The Bertz CT molecular complexity index is 585. The summed E-state index contributed by atoms with van der Waals surface area (Å²) >= 11 is 3.55. The number of nitrogens with one attached hydrogen (secondary N) is 1. The Labute approximate surface area is 129 Å². The summed E-state index contributed by atoms with van der Waals surface area (Å²) in [7, 11) is 0. The van der Waals surface area contributed by atoms with Crippen LogP contribution >= 0.6 is 15.9 Å². The highest BCUT2D eigenvalue weighted by atomic mass is 79.9. The van der Waals surface area contributed by atoms with Crippen LogP contribution < -0.4 is 5.32 Å². The Morgan fingerprint density at radius 2 is 1.90 bits per heavy atom. The molecule has 2 aromatic rings. The lowest BCUT2D eigenvalue weighted by atomic mass is 9.76. The molecule has 1 aliphatic carbocycles. The van der Waals surface area contributed by atoms with E-state index in [4.69, 9.17) is 0 Å². The van der Waals surface area contributed by atoms with Gasteiger partial charge in [-0.1, -0.05) is 57.9 Å². The number of rotatable bonds is 4. The van der Waals surface area contributed by atoms with Crippen molar-refractivity contribution in [2.45, 2.75) is 38.3 Å². The molecule has 0 saturated heterocycles. The van der Waals surface area contributed by atoms with Gasteiger partial charge in [0.05, 0.1) is 0 Å². The third kappa shape index (κ3) is 3.31. The molecular formula is C18H20BrN. The first-order chi connectivity index (χ1) is 9.70. The van der Waals surface area contributed by atoms with Crippen LogP contribution in [0.4, 0.5) is 0 Å². The quantitative estimate of drug-likeness (QED) is 0.850. The molecule has 0 radical (unpaired) electrons. The van der Waals surface area contributed by atoms with Gasteiger partial charge in [0.15, 0.2) is 0 Å². The predicted octanol–water partition coefficient (Wildman–Crippen LogP) is 4.79. The van der Waals surface area contributed by atoms with Crippen LogP contribution in [0.2, 0.25) is 0 Å². The minimum Gasteiger partial charge on any atom is -0.310 e. The highest BCUT2D eigenvalue weighted by Gasteiger charge is 2.29. The maximum Gasteiger partial charge on any atom is 0.0208 e. The molecule has 2 aromatic carbocycles. The molecule has 104 valence electrons. The van der Waals surface area contributed by atoms with Crippen LogP contribution in [0.15, 0.2) is 53.0 Å². The topological polar surface area (TPSA) is 12.0 Å². The number of hydrogen-bond acceptors (Lipinski definition) is 1. The van der Waals surface area contributed by atoms with Gasteiger partial charge in [-0.2, -0.15) is 0 Å². The molecular weight excluding hydrogens is 310 g/mol. The highest BCUT2D eigenvalue weighted by molar-refractivity contribution is 9.10. The van der Waals surface area contributed by atoms with Crippen molar-refractivity contribution in [3.05, 3.63) is 69.7 Å². The molecule has 0 aliphatic heterocycles. The van der Waals surface area contributed by atoms with Crippen molar-refractivity contribution in [1.29, 1.82) is 0 Å². The summed E-state index contributed by atoms with van der Waals surface area (Å²) in [5.41, 5.74) is 4.19. The van der Waals surface area contributed by atoms with E-state index in [9.17, 15) is 0 Å². The molecule has 1 aliphatic rings. The molecule has 3 rings (SSSR count). The first kappa shape index (κ1) is 13.8. The molecule has 0 bridgehead atoms. The molecule has 1 saturated carbocycles. The van der Waals surface area contributed by atoms with Crippen LogP contribution in [0.25, 0.3) is 0 Å². The summed E-state index contributed by atoms with van der Waals surface area (Å²) in [5, 5.41) is 3.67. The number of hydrogen-bond donors (Lipinski definition) is 1. The molecule has 0 aromatic heterocycles. The summed E-state index contributed by atoms with van der Waals surface area (Å²) in [6.07, 6.45) is 2.50. The maximum atomic E-state index is 3.67. The van der Waals surface area contributed by atoms with Gasteiger partial charge in [0, 0.05) is 17.1 Å². The lowest BCUT2D eigenvalue weighted by Gasteiger charge is -2.36. The first-order valence-corrected chi connectivity index (χ1v) is 8.04. The fourth-order valence-electron chi connectivity index (χ4n) is 2.90. The van der Waals surface area contributed by atoms with E-state index in [1.54, 1.807) is 0 Å². The lowest BCUT2D eigenvalue weighted by molar-refractivity contribution is 0.289. The minimum absolute atomic E-state index is 0.666. The predicted molar refractivity (Wildman–Crippen MR) is 87.9 cm³/mol. The van der Waals surface area contributed by atoms with Crippen molar-refractivity contribution in [1.82, 2.24) is 5.32 Å². The standard InChI is InChI=1S/C18H20BrN/c1-13-4-2-5-14(8-13)12-20-18-10-16(11-18)15-6-3-7-17(19)9-15/h2-9,16,18,20H,10-12H2,1H3. The third-order valence-electron chi connectivity index (χ3n) is 4.14. The summed E-state index contributed by atoms with van der Waals surface area (Å²) in [6.45, 7) is 3.13. The van der Waals surface area contributed by atoms with Crippen molar-refractivity contribution in [2.75, 3.05) is 0 Å². The second-order valence-corrected chi connectivity index (χ2v) is 6.71. The minimum atomic E-state index is 0.666. The van der Waals surface area contributed by atoms with Crippen molar-refractivity contribution < 1.29 is 0 Å². The Morgan fingerprint density at radius 3 is 2.65 bits per heavy atom. The van der Waals surface area contributed by atoms with Crippen molar-refractivity contribution in [3.8, 4) is 0 Å². The zero-order chi connectivity index (χ0) is 13.9. The van der Waals surface area contributed by atoms with Crippen LogP contribution in [0, 0.1) is 6.92 Å². The van der Waals surface area contributed by atoms with Crippen LogP contribution in [0.3, 0.4) is 0 Å². The molecule has 1 fully saturated rings. The average Bonchev–Trinajstić information content (AvgIpc) is 2.37. The summed E-state index contributed by atoms with van der Waals surface area (Å²) in [5.74, 6) is 0.725. The van der Waals surface area contributed by atoms with E-state index in [0.29, 0.717) is 6.04 Å². The van der Waals surface area contributed by atoms with E-state index in [2.05, 4.69) is 76.7 Å². The maximum absolute atomic E-state index is 3.67. The molecule has 1 nitrogen and oxygen atoms in total. The van der Waals surface area contributed by atoms with Gasteiger partial charge in [-0.3, -0.25) is 0 Å². The molecule has 1 N–H and O–H groups in total. The number of halogens is 1. The molecule has 0 unspecified atom stereocenters. The average molecular weight is 330 g/mol. The Kier molecular flexibility index (Phi) is 4.23. The largest absolute Gasteiger partial charge is 0.310 e. The second-order valence-electron chi connectivity index (χ2n) is 5.79. The number of benzene rings is 2. The zero-order valence-electron chi connectivity index (χ0n) is 11.8. The third-order valence-corrected chi connectivity index (χ3v) is 4.63. The fraction of sp³-hybridized carbons (Fsp3) is 0.333. The van der Waals surface area contributed by atoms with E-state index in [-0.39, 0.29) is 0 Å². The molecule has 0 amide bonds. The molecule has 20 heavy (non-hydrogen) atoms. The Morgan fingerprint density at radius 1 is 1.10 bits per heavy atom. The van der Waals surface area contributed by atoms with Crippen LogP contribution in [0.1, 0.15) is 35.4 Å². The van der Waals surface area contributed by atoms with Gasteiger partial charge in [-0.25, -0.2) is 0 Å². The summed E-state index contributed by atoms with van der Waals surface area (Å²) in [6, 6.07) is 18.1. The van der Waals surface area contributed by atoms with Gasteiger partial charge >= 0.3 is 0 Å². The van der Waals surface area contributed by atoms with Crippen LogP contribution in [-0.4, -0.2) is 6.04 Å². The van der Waals surface area contributed by atoms with Gasteiger partial charge in [0.1, 0.15) is 0 Å². The van der Waals surface area contributed by atoms with Gasteiger partial charge in [-0.05, 0) is 48.9 Å². The van der Waals surface area contributed by atoms with Gasteiger partial charge in [0.2, 0.25) is 0 Å². The van der Waals surface area contributed by atoms with E-state index in [1.807, 2.05) is 0 Å². The van der Waals surface area contributed by atoms with E-state index in [1.165, 1.54) is 34.0 Å². The first-order valence-electron chi connectivity index (χ1n) is 7.25. The van der Waals surface area contributed by atoms with Gasteiger partial charge in [0.25, 0.3) is 0 Å². The van der Waals surface area contributed by atoms with E-state index < -0.39 is 0 Å². The molecule has 0 heterocycles. The monoisotopic (exact) mass is 329 g/mol. The molecule has 0 spiro atoms. The van der Waals surface area contributed by atoms with Gasteiger partial charge < -0.3 is 5.32 Å². The molecule has 2 heteroatoms. The van der Waals surface area contributed by atoms with E-state index >= 15 is 0 Å². The van der Waals surface area contributed by atoms with Crippen LogP contribution in [-0.2, 0) is 6.54 Å². The summed E-state index contributed by atoms with van der Waals surface area (Å²) < 4.78 is 1.19. The van der Waals surface area contributed by atoms with Crippen molar-refractivity contribution in [3.63, 3.8) is 0 Å². The zero-order valence-corrected chi connectivity index (χ0v) is 13.4. The smallest absolute Gasteiger partial charge is 0.0208 e. The molecule has 0 atom stereocenters. The number of aryl methyl sites for hydroxylation is 1. The van der Waals surface area contributed by atoms with Crippen molar-refractivity contribution >= 4 is 15.9 Å². The Hall–Kier alpha value is -1.12. The van der Waals surface area contributed by atoms with Crippen LogP contribution in [0.5, 0.6) is 0 Å². The van der Waals surface area contributed by atoms with Gasteiger partial charge in [-0.15, -0.1) is 0 Å². The SMILES string of the molecule is Cc1cccc(CNC2CC(c3cccc(Br)c3)C2)c1. The van der Waals surface area contributed by atoms with E-state index in [0.717, 1.165) is 12.5 Å². The Balaban J connectivity index is 1.49. The van der Waals surface area contributed by atoms with Crippen molar-refractivity contribution in [2.24, 2.45) is 0 Å². The highest BCUT2D eigenvalue weighted by Crippen LogP contribution is 2.37. The summed E-state index contributed by atoms with van der Waals surface area (Å²) in [4.78, 5) is 0. The fourth-order valence-corrected chi connectivity index (χ4v) is 3.32. The normalized spacial score (nSPS) is 21.5.